The molecular formula is C22H16BrNO3S. The fraction of sp³-hybridized carbons (Fsp3) is 0.0909. The highest BCUT2D eigenvalue weighted by molar-refractivity contribution is 9.10. The summed E-state index contributed by atoms with van der Waals surface area (Å²) in [4.78, 5) is 27.0. The van der Waals surface area contributed by atoms with Crippen molar-refractivity contribution in [3.63, 3.8) is 0 Å². The Kier molecular flexibility index (Phi) is 5.24. The van der Waals surface area contributed by atoms with Gasteiger partial charge >= 0.3 is 0 Å². The van der Waals surface area contributed by atoms with Crippen LogP contribution >= 0.6 is 27.7 Å². The Morgan fingerprint density at radius 2 is 1.82 bits per heavy atom. The third-order valence-corrected chi connectivity index (χ3v) is 5.91. The molecule has 0 radical (unpaired) electrons. The lowest BCUT2D eigenvalue weighted by Crippen LogP contribution is -2.27. The second kappa shape index (κ2) is 7.81. The first-order valence-corrected chi connectivity index (χ1v) is 10.2. The number of rotatable bonds is 4. The Balaban J connectivity index is 1.61. The molecule has 0 spiro atoms. The van der Waals surface area contributed by atoms with Gasteiger partial charge in [-0.1, -0.05) is 52.3 Å². The molecule has 3 aromatic rings. The van der Waals surface area contributed by atoms with Crippen LogP contribution in [0.25, 0.3) is 16.8 Å². The van der Waals surface area contributed by atoms with Gasteiger partial charge in [-0.2, -0.15) is 0 Å². The van der Waals surface area contributed by atoms with Crippen molar-refractivity contribution in [1.29, 1.82) is 0 Å². The molecule has 0 atom stereocenters. The predicted molar refractivity (Wildman–Crippen MR) is 116 cm³/mol. The van der Waals surface area contributed by atoms with E-state index < -0.39 is 0 Å². The molecule has 0 saturated carbocycles. The lowest BCUT2D eigenvalue weighted by atomic mass is 10.1. The average Bonchev–Trinajstić information content (AvgIpc) is 2.95. The summed E-state index contributed by atoms with van der Waals surface area (Å²) in [7, 11) is 1.58. The second-order valence-electron chi connectivity index (χ2n) is 6.34. The summed E-state index contributed by atoms with van der Waals surface area (Å²) in [6, 6.07) is 19.5. The van der Waals surface area contributed by atoms with Crippen LogP contribution in [0.3, 0.4) is 0 Å². The smallest absolute Gasteiger partial charge is 0.293 e. The number of methoxy groups -OCH3 is 1. The topological polar surface area (TPSA) is 46.6 Å². The maximum atomic E-state index is 12.8. The van der Waals surface area contributed by atoms with Gasteiger partial charge in [0, 0.05) is 10.0 Å². The number of thioether (sulfide) groups is 1. The summed E-state index contributed by atoms with van der Waals surface area (Å²) in [5, 5.41) is 1.95. The molecule has 0 unspecified atom stereocenters. The van der Waals surface area contributed by atoms with E-state index in [0.29, 0.717) is 10.7 Å². The minimum Gasteiger partial charge on any atom is -0.496 e. The number of hydrogen-bond acceptors (Lipinski definition) is 4. The Morgan fingerprint density at radius 3 is 2.61 bits per heavy atom. The molecule has 0 aliphatic carbocycles. The number of carbonyl (C=O) groups excluding carboxylic acids is 2. The zero-order valence-electron chi connectivity index (χ0n) is 15.0. The van der Waals surface area contributed by atoms with E-state index in [-0.39, 0.29) is 17.7 Å². The molecule has 1 aliphatic rings. The van der Waals surface area contributed by atoms with Crippen molar-refractivity contribution in [3.05, 3.63) is 81.2 Å². The molecule has 4 rings (SSSR count). The number of ether oxygens (including phenoxy) is 1. The number of hydrogen-bond donors (Lipinski definition) is 0. The molecule has 1 saturated heterocycles. The van der Waals surface area contributed by atoms with E-state index in [0.717, 1.165) is 38.1 Å². The number of fused-ring (bicyclic) bond motifs is 1. The van der Waals surface area contributed by atoms with E-state index in [4.69, 9.17) is 4.74 Å². The van der Waals surface area contributed by atoms with Gasteiger partial charge < -0.3 is 4.74 Å². The third-order valence-electron chi connectivity index (χ3n) is 4.51. The second-order valence-corrected chi connectivity index (χ2v) is 8.24. The standard InChI is InChI=1S/C22H16BrNO3S/c1-27-19-9-8-18(23)11-17(19)12-20-21(25)24(22(26)28-20)13-14-6-7-15-4-2-3-5-16(15)10-14/h2-12H,13H2,1H3/b20-12-. The molecule has 4 nitrogen and oxygen atoms in total. The summed E-state index contributed by atoms with van der Waals surface area (Å²) in [6.45, 7) is 0.252. The molecular weight excluding hydrogens is 438 g/mol. The van der Waals surface area contributed by atoms with Gasteiger partial charge in [-0.25, -0.2) is 0 Å². The van der Waals surface area contributed by atoms with E-state index in [9.17, 15) is 9.59 Å². The predicted octanol–water partition coefficient (Wildman–Crippen LogP) is 5.85. The van der Waals surface area contributed by atoms with Crippen molar-refractivity contribution in [2.45, 2.75) is 6.54 Å². The first-order chi connectivity index (χ1) is 13.5. The minimum atomic E-state index is -0.287. The summed E-state index contributed by atoms with van der Waals surface area (Å²) in [5.74, 6) is 0.356. The maximum Gasteiger partial charge on any atom is 0.293 e. The number of nitrogens with zero attached hydrogens (tertiary/aromatic N) is 1. The van der Waals surface area contributed by atoms with Crippen LogP contribution in [0.4, 0.5) is 4.79 Å². The zero-order valence-corrected chi connectivity index (χ0v) is 17.4. The van der Waals surface area contributed by atoms with Crippen molar-refractivity contribution in [2.24, 2.45) is 0 Å². The Morgan fingerprint density at radius 1 is 1.04 bits per heavy atom. The van der Waals surface area contributed by atoms with E-state index >= 15 is 0 Å². The lowest BCUT2D eigenvalue weighted by molar-refractivity contribution is -0.123. The fourth-order valence-electron chi connectivity index (χ4n) is 3.12. The summed E-state index contributed by atoms with van der Waals surface area (Å²) in [6.07, 6.45) is 1.70. The molecule has 0 aromatic heterocycles. The van der Waals surface area contributed by atoms with Crippen molar-refractivity contribution >= 4 is 55.7 Å². The Bertz CT molecular complexity index is 1130. The zero-order chi connectivity index (χ0) is 19.7. The van der Waals surface area contributed by atoms with Crippen LogP contribution in [0.5, 0.6) is 5.75 Å². The van der Waals surface area contributed by atoms with Gasteiger partial charge in [-0.15, -0.1) is 0 Å². The van der Waals surface area contributed by atoms with Crippen LogP contribution in [0.15, 0.2) is 70.0 Å². The lowest BCUT2D eigenvalue weighted by Gasteiger charge is -2.13. The average molecular weight is 454 g/mol. The van der Waals surface area contributed by atoms with Gasteiger partial charge in [0.25, 0.3) is 11.1 Å². The van der Waals surface area contributed by atoms with Crippen molar-refractivity contribution in [2.75, 3.05) is 7.11 Å². The number of halogens is 1. The molecule has 2 amide bonds. The van der Waals surface area contributed by atoms with Gasteiger partial charge in [-0.05, 0) is 58.4 Å². The largest absolute Gasteiger partial charge is 0.496 e. The molecule has 0 N–H and O–H groups in total. The van der Waals surface area contributed by atoms with E-state index in [1.165, 1.54) is 4.90 Å². The maximum absolute atomic E-state index is 12.8. The quantitative estimate of drug-likeness (QED) is 0.465. The first kappa shape index (κ1) is 18.8. The highest BCUT2D eigenvalue weighted by atomic mass is 79.9. The molecule has 1 heterocycles. The molecule has 1 aliphatic heterocycles. The monoisotopic (exact) mass is 453 g/mol. The van der Waals surface area contributed by atoms with Crippen molar-refractivity contribution < 1.29 is 14.3 Å². The number of imide groups is 1. The van der Waals surface area contributed by atoms with Crippen molar-refractivity contribution in [1.82, 2.24) is 4.90 Å². The van der Waals surface area contributed by atoms with Crippen LogP contribution < -0.4 is 4.74 Å². The van der Waals surface area contributed by atoms with Gasteiger partial charge in [0.15, 0.2) is 0 Å². The van der Waals surface area contributed by atoms with Crippen LogP contribution in [-0.2, 0) is 11.3 Å². The molecule has 28 heavy (non-hydrogen) atoms. The third kappa shape index (κ3) is 3.70. The van der Waals surface area contributed by atoms with Gasteiger partial charge in [0.05, 0.1) is 18.6 Å². The van der Waals surface area contributed by atoms with Crippen LogP contribution in [0, 0.1) is 0 Å². The number of amides is 2. The first-order valence-electron chi connectivity index (χ1n) is 8.62. The number of benzene rings is 3. The van der Waals surface area contributed by atoms with Crippen LogP contribution in [0.1, 0.15) is 11.1 Å². The fourth-order valence-corrected chi connectivity index (χ4v) is 4.32. The van der Waals surface area contributed by atoms with Gasteiger partial charge in [0.1, 0.15) is 5.75 Å². The summed E-state index contributed by atoms with van der Waals surface area (Å²) >= 11 is 4.38. The summed E-state index contributed by atoms with van der Waals surface area (Å²) in [5.41, 5.74) is 1.66. The number of carbonyl (C=O) groups is 2. The van der Waals surface area contributed by atoms with Gasteiger partial charge in [0.2, 0.25) is 0 Å². The van der Waals surface area contributed by atoms with E-state index in [1.54, 1.807) is 13.2 Å². The molecule has 6 heteroatoms. The molecule has 0 bridgehead atoms. The minimum absolute atomic E-state index is 0.252. The van der Waals surface area contributed by atoms with Crippen LogP contribution in [-0.4, -0.2) is 23.2 Å². The highest BCUT2D eigenvalue weighted by Crippen LogP contribution is 2.35. The highest BCUT2D eigenvalue weighted by Gasteiger charge is 2.35. The van der Waals surface area contributed by atoms with E-state index in [2.05, 4.69) is 15.9 Å². The van der Waals surface area contributed by atoms with Gasteiger partial charge in [-0.3, -0.25) is 14.5 Å². The Labute approximate surface area is 175 Å². The van der Waals surface area contributed by atoms with Crippen LogP contribution in [0.2, 0.25) is 0 Å². The molecule has 1 fully saturated rings. The van der Waals surface area contributed by atoms with Crippen molar-refractivity contribution in [3.8, 4) is 5.75 Å². The van der Waals surface area contributed by atoms with E-state index in [1.807, 2.05) is 60.7 Å². The molecule has 3 aromatic carbocycles. The summed E-state index contributed by atoms with van der Waals surface area (Å²) < 4.78 is 6.22. The SMILES string of the molecule is COc1ccc(Br)cc1/C=C1\SC(=O)N(Cc2ccc3ccccc3c2)C1=O. The normalized spacial score (nSPS) is 15.6. The molecule has 140 valence electrons. The Hall–Kier alpha value is -2.57.